The maximum absolute atomic E-state index is 12.8. The molecular weight excluding hydrogens is 388 g/mol. The van der Waals surface area contributed by atoms with E-state index in [0.717, 1.165) is 50.1 Å². The van der Waals surface area contributed by atoms with E-state index in [-0.39, 0.29) is 5.91 Å². The Bertz CT molecular complexity index is 961. The fourth-order valence-electron chi connectivity index (χ4n) is 4.12. The summed E-state index contributed by atoms with van der Waals surface area (Å²) in [6.07, 6.45) is 6.07. The van der Waals surface area contributed by atoms with E-state index in [1.807, 2.05) is 54.3 Å². The van der Waals surface area contributed by atoms with Crippen LogP contribution >= 0.6 is 0 Å². The van der Waals surface area contributed by atoms with E-state index in [9.17, 15) is 4.79 Å². The van der Waals surface area contributed by atoms with Crippen LogP contribution in [0.25, 0.3) is 0 Å². The predicted octanol–water partition coefficient (Wildman–Crippen LogP) is 4.21. The van der Waals surface area contributed by atoms with Gasteiger partial charge < -0.3 is 9.64 Å². The van der Waals surface area contributed by atoms with Crippen LogP contribution < -0.4 is 4.74 Å². The van der Waals surface area contributed by atoms with Crippen LogP contribution in [0.2, 0.25) is 0 Å². The lowest BCUT2D eigenvalue weighted by molar-refractivity contribution is 0.0681. The van der Waals surface area contributed by atoms with Crippen molar-refractivity contribution in [2.75, 3.05) is 19.7 Å². The molecule has 1 saturated heterocycles. The van der Waals surface area contributed by atoms with Crippen molar-refractivity contribution in [3.8, 4) is 5.75 Å². The number of nitrogens with zero attached hydrogens (tertiary/aromatic N) is 4. The molecule has 31 heavy (non-hydrogen) atoms. The van der Waals surface area contributed by atoms with Crippen LogP contribution in [0.1, 0.15) is 47.8 Å². The number of carbonyl (C=O) groups excluding carboxylic acids is 1. The first kappa shape index (κ1) is 21.1. The molecule has 162 valence electrons. The van der Waals surface area contributed by atoms with Crippen molar-refractivity contribution in [3.63, 3.8) is 0 Å². The highest BCUT2D eigenvalue weighted by Gasteiger charge is 2.25. The van der Waals surface area contributed by atoms with E-state index in [1.165, 1.54) is 5.56 Å². The zero-order valence-corrected chi connectivity index (χ0v) is 18.1. The highest BCUT2D eigenvalue weighted by molar-refractivity contribution is 5.92. The molecule has 6 heteroatoms. The van der Waals surface area contributed by atoms with Crippen molar-refractivity contribution >= 4 is 5.91 Å². The molecule has 0 saturated carbocycles. The first-order valence-corrected chi connectivity index (χ1v) is 11.2. The molecule has 0 radical (unpaired) electrons. The van der Waals surface area contributed by atoms with Gasteiger partial charge in [-0.3, -0.25) is 4.79 Å². The van der Waals surface area contributed by atoms with Gasteiger partial charge in [-0.2, -0.15) is 0 Å². The van der Waals surface area contributed by atoms with E-state index in [4.69, 9.17) is 4.74 Å². The lowest BCUT2D eigenvalue weighted by Gasteiger charge is -2.31. The summed E-state index contributed by atoms with van der Waals surface area (Å²) in [5.74, 6) is 1.58. The number of ether oxygens (including phenoxy) is 1. The van der Waals surface area contributed by atoms with Gasteiger partial charge >= 0.3 is 0 Å². The maximum Gasteiger partial charge on any atom is 0.276 e. The summed E-state index contributed by atoms with van der Waals surface area (Å²) < 4.78 is 7.24. The van der Waals surface area contributed by atoms with E-state index in [0.29, 0.717) is 24.8 Å². The molecule has 4 rings (SSSR count). The summed E-state index contributed by atoms with van der Waals surface area (Å²) in [7, 11) is 0. The van der Waals surface area contributed by atoms with Gasteiger partial charge in [0.1, 0.15) is 5.75 Å². The minimum atomic E-state index is -0.00993. The first-order chi connectivity index (χ1) is 15.2. The van der Waals surface area contributed by atoms with Gasteiger partial charge in [0.15, 0.2) is 5.69 Å². The Morgan fingerprint density at radius 2 is 1.77 bits per heavy atom. The molecule has 1 aliphatic heterocycles. The Hall–Kier alpha value is -3.15. The summed E-state index contributed by atoms with van der Waals surface area (Å²) in [5.41, 5.74) is 2.92. The minimum Gasteiger partial charge on any atom is -0.494 e. The number of benzene rings is 2. The molecule has 1 aliphatic rings. The van der Waals surface area contributed by atoms with Crippen LogP contribution in [0, 0.1) is 5.92 Å². The van der Waals surface area contributed by atoms with Gasteiger partial charge in [0.05, 0.1) is 19.3 Å². The Balaban J connectivity index is 1.23. The first-order valence-electron chi connectivity index (χ1n) is 11.2. The number of aromatic nitrogens is 3. The second-order valence-electron chi connectivity index (χ2n) is 8.14. The molecule has 1 amide bonds. The monoisotopic (exact) mass is 418 g/mol. The van der Waals surface area contributed by atoms with Crippen LogP contribution in [-0.2, 0) is 13.0 Å². The van der Waals surface area contributed by atoms with Gasteiger partial charge in [-0.1, -0.05) is 47.7 Å². The van der Waals surface area contributed by atoms with E-state index in [1.54, 1.807) is 10.9 Å². The van der Waals surface area contributed by atoms with E-state index in [2.05, 4.69) is 22.4 Å². The average molecular weight is 419 g/mol. The third-order valence-electron chi connectivity index (χ3n) is 5.92. The highest BCUT2D eigenvalue weighted by atomic mass is 16.5. The molecule has 0 spiro atoms. The number of amides is 1. The minimum absolute atomic E-state index is 0.00993. The Morgan fingerprint density at radius 3 is 2.48 bits per heavy atom. The Kier molecular flexibility index (Phi) is 6.97. The molecule has 6 nitrogen and oxygen atoms in total. The number of aryl methyl sites for hydroxylation is 1. The third-order valence-corrected chi connectivity index (χ3v) is 5.92. The SMILES string of the molecule is CCOc1ccc(CCC2CCN(C(=O)c3cn(Cc4ccccc4)nn3)CC2)cc1. The topological polar surface area (TPSA) is 60.2 Å². The summed E-state index contributed by atoms with van der Waals surface area (Å²) in [6, 6.07) is 18.5. The average Bonchev–Trinajstić information content (AvgIpc) is 3.28. The highest BCUT2D eigenvalue weighted by Crippen LogP contribution is 2.24. The molecule has 0 N–H and O–H groups in total. The second-order valence-corrected chi connectivity index (χ2v) is 8.14. The van der Waals surface area contributed by atoms with Gasteiger partial charge in [-0.15, -0.1) is 5.10 Å². The maximum atomic E-state index is 12.8. The van der Waals surface area contributed by atoms with Gasteiger partial charge in [0, 0.05) is 13.1 Å². The van der Waals surface area contributed by atoms with Crippen molar-refractivity contribution in [1.29, 1.82) is 0 Å². The number of rotatable bonds is 8. The molecule has 2 heterocycles. The molecule has 3 aromatic rings. The summed E-state index contributed by atoms with van der Waals surface area (Å²) in [5, 5.41) is 8.25. The quantitative estimate of drug-likeness (QED) is 0.550. The molecule has 0 unspecified atom stereocenters. The van der Waals surface area contributed by atoms with Crippen LogP contribution in [0.3, 0.4) is 0 Å². The Labute approximate surface area is 183 Å². The van der Waals surface area contributed by atoms with Crippen molar-refractivity contribution in [1.82, 2.24) is 19.9 Å². The number of hydrogen-bond acceptors (Lipinski definition) is 4. The summed E-state index contributed by atoms with van der Waals surface area (Å²) in [6.45, 7) is 4.89. The van der Waals surface area contributed by atoms with E-state index >= 15 is 0 Å². The fourth-order valence-corrected chi connectivity index (χ4v) is 4.12. The van der Waals surface area contributed by atoms with Crippen LogP contribution in [0.4, 0.5) is 0 Å². The number of hydrogen-bond donors (Lipinski definition) is 0. The van der Waals surface area contributed by atoms with Gasteiger partial charge in [-0.25, -0.2) is 4.68 Å². The van der Waals surface area contributed by atoms with Crippen LogP contribution in [0.5, 0.6) is 5.75 Å². The molecule has 2 aromatic carbocycles. The molecule has 0 aliphatic carbocycles. The lowest BCUT2D eigenvalue weighted by Crippen LogP contribution is -2.38. The van der Waals surface area contributed by atoms with E-state index < -0.39 is 0 Å². The number of carbonyl (C=O) groups is 1. The zero-order chi connectivity index (χ0) is 21.5. The van der Waals surface area contributed by atoms with Crippen molar-refractivity contribution in [2.45, 2.75) is 39.2 Å². The van der Waals surface area contributed by atoms with Gasteiger partial charge in [0.2, 0.25) is 0 Å². The predicted molar refractivity (Wildman–Crippen MR) is 120 cm³/mol. The fraction of sp³-hybridized carbons (Fsp3) is 0.400. The second kappa shape index (κ2) is 10.2. The molecule has 1 fully saturated rings. The third kappa shape index (κ3) is 5.72. The molecule has 0 atom stereocenters. The van der Waals surface area contributed by atoms with Gasteiger partial charge in [-0.05, 0) is 61.8 Å². The normalized spacial score (nSPS) is 14.5. The van der Waals surface area contributed by atoms with Crippen molar-refractivity contribution < 1.29 is 9.53 Å². The lowest BCUT2D eigenvalue weighted by atomic mass is 9.90. The smallest absolute Gasteiger partial charge is 0.276 e. The van der Waals surface area contributed by atoms with Crippen molar-refractivity contribution in [2.24, 2.45) is 5.92 Å². The summed E-state index contributed by atoms with van der Waals surface area (Å²) >= 11 is 0. The molecule has 0 bridgehead atoms. The van der Waals surface area contributed by atoms with Crippen LogP contribution in [0.15, 0.2) is 60.8 Å². The summed E-state index contributed by atoms with van der Waals surface area (Å²) in [4.78, 5) is 14.8. The molecule has 1 aromatic heterocycles. The van der Waals surface area contributed by atoms with Crippen molar-refractivity contribution in [3.05, 3.63) is 77.6 Å². The number of likely N-dealkylation sites (tertiary alicyclic amines) is 1. The standard InChI is InChI=1S/C25H30N4O2/c1-2-31-23-12-10-20(11-13-23)8-9-21-14-16-28(17-15-21)25(30)24-19-29(27-26-24)18-22-6-4-3-5-7-22/h3-7,10-13,19,21H,2,8-9,14-18H2,1H3. The zero-order valence-electron chi connectivity index (χ0n) is 18.1. The van der Waals surface area contributed by atoms with Gasteiger partial charge in [0.25, 0.3) is 5.91 Å². The largest absolute Gasteiger partial charge is 0.494 e. The molecular formula is C25H30N4O2. The van der Waals surface area contributed by atoms with Crippen LogP contribution in [-0.4, -0.2) is 45.5 Å². The number of piperidine rings is 1. The Morgan fingerprint density at radius 1 is 1.03 bits per heavy atom.